The molecule has 1 saturated heterocycles. The first kappa shape index (κ1) is 24.2. The predicted molar refractivity (Wildman–Crippen MR) is 110 cm³/mol. The molecule has 1 aliphatic rings. The number of aromatic nitrogens is 1. The van der Waals surface area contributed by atoms with Gasteiger partial charge in [0.05, 0.1) is 12.1 Å². The van der Waals surface area contributed by atoms with Crippen molar-refractivity contribution in [1.82, 2.24) is 15.2 Å². The van der Waals surface area contributed by atoms with Gasteiger partial charge in [-0.2, -0.15) is 13.2 Å². The second-order valence-electron chi connectivity index (χ2n) is 6.33. The van der Waals surface area contributed by atoms with Gasteiger partial charge in [-0.25, -0.2) is 4.98 Å². The molecule has 11 heteroatoms. The Labute approximate surface area is 178 Å². The summed E-state index contributed by atoms with van der Waals surface area (Å²) in [6.07, 6.45) is -1.41. The molecule has 0 saturated carbocycles. The summed E-state index contributed by atoms with van der Waals surface area (Å²) in [6, 6.07) is 2.12. The molecular formula is C17H25F3IN5O2. The van der Waals surface area contributed by atoms with Crippen LogP contribution in [0.5, 0.6) is 5.88 Å². The van der Waals surface area contributed by atoms with Gasteiger partial charge < -0.3 is 20.7 Å². The number of alkyl halides is 3. The standard InChI is InChI=1S/C17H24F3N5O2.HI/c1-22-16(25-7-2-3-12(11-25)9-14(21)26)23-6-8-27-15-5-4-13(10-24-15)17(18,19)20;/h4-5,10,12H,2-3,6-9,11H2,1H3,(H2,21,26)(H,22,23);1H. The number of pyridine rings is 1. The molecule has 2 rings (SSSR count). The summed E-state index contributed by atoms with van der Waals surface area (Å²) in [5.74, 6) is 0.720. The summed E-state index contributed by atoms with van der Waals surface area (Å²) in [7, 11) is 1.66. The van der Waals surface area contributed by atoms with Gasteiger partial charge >= 0.3 is 6.18 Å². The van der Waals surface area contributed by atoms with Gasteiger partial charge in [0.1, 0.15) is 6.61 Å². The minimum absolute atomic E-state index is 0. The van der Waals surface area contributed by atoms with Crippen molar-refractivity contribution in [1.29, 1.82) is 0 Å². The topological polar surface area (TPSA) is 92.8 Å². The molecule has 158 valence electrons. The third-order valence-electron chi connectivity index (χ3n) is 4.22. The van der Waals surface area contributed by atoms with E-state index in [9.17, 15) is 18.0 Å². The quantitative estimate of drug-likeness (QED) is 0.263. The SMILES string of the molecule is CN=C(NCCOc1ccc(C(F)(F)F)cn1)N1CCCC(CC(N)=O)C1.I. The number of primary amides is 1. The zero-order chi connectivity index (χ0) is 19.9. The number of aliphatic imine (C=N–C) groups is 1. The van der Waals surface area contributed by atoms with Crippen molar-refractivity contribution >= 4 is 35.8 Å². The van der Waals surface area contributed by atoms with Crippen LogP contribution in [0.2, 0.25) is 0 Å². The molecule has 0 spiro atoms. The van der Waals surface area contributed by atoms with Gasteiger partial charge in [0.2, 0.25) is 11.8 Å². The van der Waals surface area contributed by atoms with Gasteiger partial charge in [-0.15, -0.1) is 24.0 Å². The van der Waals surface area contributed by atoms with Crippen LogP contribution < -0.4 is 15.8 Å². The molecule has 0 bridgehead atoms. The number of rotatable bonds is 6. The molecule has 2 heterocycles. The van der Waals surface area contributed by atoms with E-state index in [-0.39, 0.29) is 48.3 Å². The van der Waals surface area contributed by atoms with Crippen LogP contribution in [0.1, 0.15) is 24.8 Å². The molecular weight excluding hydrogens is 490 g/mol. The molecule has 1 aromatic heterocycles. The minimum Gasteiger partial charge on any atom is -0.476 e. The third kappa shape index (κ3) is 7.68. The lowest BCUT2D eigenvalue weighted by Gasteiger charge is -2.34. The smallest absolute Gasteiger partial charge is 0.417 e. The van der Waals surface area contributed by atoms with Crippen molar-refractivity contribution in [2.75, 3.05) is 33.3 Å². The number of nitrogens with zero attached hydrogens (tertiary/aromatic N) is 3. The highest BCUT2D eigenvalue weighted by atomic mass is 127. The fraction of sp³-hybridized carbons (Fsp3) is 0.588. The van der Waals surface area contributed by atoms with Crippen molar-refractivity contribution in [3.8, 4) is 5.88 Å². The van der Waals surface area contributed by atoms with E-state index in [0.29, 0.717) is 25.5 Å². The number of hydrogen-bond acceptors (Lipinski definition) is 4. The lowest BCUT2D eigenvalue weighted by Crippen LogP contribution is -2.48. The Bertz CT molecular complexity index is 655. The Balaban J connectivity index is 0.00000392. The number of nitrogens with two attached hydrogens (primary N) is 1. The first-order chi connectivity index (χ1) is 12.8. The number of halogens is 4. The van der Waals surface area contributed by atoms with Crippen molar-refractivity contribution in [3.63, 3.8) is 0 Å². The lowest BCUT2D eigenvalue weighted by molar-refractivity contribution is -0.137. The maximum absolute atomic E-state index is 12.5. The number of carbonyl (C=O) groups is 1. The van der Waals surface area contributed by atoms with Crippen LogP contribution in [-0.4, -0.2) is 55.0 Å². The Morgan fingerprint density at radius 1 is 1.46 bits per heavy atom. The maximum atomic E-state index is 12.5. The Kier molecular flexibility index (Phi) is 9.76. The molecule has 7 nitrogen and oxygen atoms in total. The molecule has 1 aromatic rings. The van der Waals surface area contributed by atoms with Gasteiger partial charge in [0.25, 0.3) is 0 Å². The summed E-state index contributed by atoms with van der Waals surface area (Å²) >= 11 is 0. The van der Waals surface area contributed by atoms with E-state index in [1.54, 1.807) is 7.05 Å². The highest BCUT2D eigenvalue weighted by Gasteiger charge is 2.30. The van der Waals surface area contributed by atoms with Crippen molar-refractivity contribution < 1.29 is 22.7 Å². The molecule has 1 atom stereocenters. The summed E-state index contributed by atoms with van der Waals surface area (Å²) in [5.41, 5.74) is 4.46. The first-order valence-corrected chi connectivity index (χ1v) is 8.69. The Morgan fingerprint density at radius 3 is 2.79 bits per heavy atom. The van der Waals surface area contributed by atoms with Crippen LogP contribution in [0.3, 0.4) is 0 Å². The maximum Gasteiger partial charge on any atom is 0.417 e. The van der Waals surface area contributed by atoms with Crippen molar-refractivity contribution in [3.05, 3.63) is 23.9 Å². The van der Waals surface area contributed by atoms with Crippen LogP contribution in [0.4, 0.5) is 13.2 Å². The molecule has 3 N–H and O–H groups in total. The van der Waals surface area contributed by atoms with E-state index >= 15 is 0 Å². The number of hydrogen-bond donors (Lipinski definition) is 2. The van der Waals surface area contributed by atoms with E-state index in [0.717, 1.165) is 31.6 Å². The van der Waals surface area contributed by atoms with Gasteiger partial charge in [-0.05, 0) is 24.8 Å². The second-order valence-corrected chi connectivity index (χ2v) is 6.33. The normalized spacial score (nSPS) is 17.6. The van der Waals surface area contributed by atoms with Crippen LogP contribution in [-0.2, 0) is 11.0 Å². The van der Waals surface area contributed by atoms with Gasteiger partial charge in [0, 0.05) is 38.8 Å². The number of piperidine rings is 1. The fourth-order valence-corrected chi connectivity index (χ4v) is 2.99. The van der Waals surface area contributed by atoms with Crippen LogP contribution in [0, 0.1) is 5.92 Å². The lowest BCUT2D eigenvalue weighted by atomic mass is 9.95. The van der Waals surface area contributed by atoms with E-state index in [2.05, 4.69) is 20.2 Å². The van der Waals surface area contributed by atoms with Crippen LogP contribution in [0.25, 0.3) is 0 Å². The molecule has 1 amide bonds. The molecule has 28 heavy (non-hydrogen) atoms. The number of likely N-dealkylation sites (tertiary alicyclic amines) is 1. The van der Waals surface area contributed by atoms with Crippen molar-refractivity contribution in [2.24, 2.45) is 16.6 Å². The largest absolute Gasteiger partial charge is 0.476 e. The van der Waals surface area contributed by atoms with Crippen LogP contribution in [0.15, 0.2) is 23.3 Å². The average molecular weight is 515 g/mol. The highest BCUT2D eigenvalue weighted by molar-refractivity contribution is 14.0. The first-order valence-electron chi connectivity index (χ1n) is 8.69. The number of carbonyl (C=O) groups excluding carboxylic acids is 1. The number of nitrogens with one attached hydrogen (secondary N) is 1. The summed E-state index contributed by atoms with van der Waals surface area (Å²) in [4.78, 5) is 21.1. The molecule has 0 aliphatic carbocycles. The molecule has 0 radical (unpaired) electrons. The van der Waals surface area contributed by atoms with E-state index in [4.69, 9.17) is 10.5 Å². The summed E-state index contributed by atoms with van der Waals surface area (Å²) in [5, 5.41) is 3.15. The molecule has 1 aliphatic heterocycles. The van der Waals surface area contributed by atoms with E-state index < -0.39 is 11.7 Å². The van der Waals surface area contributed by atoms with Crippen LogP contribution >= 0.6 is 24.0 Å². The van der Waals surface area contributed by atoms with Gasteiger partial charge in [-0.3, -0.25) is 9.79 Å². The van der Waals surface area contributed by atoms with Gasteiger partial charge in [-0.1, -0.05) is 0 Å². The summed E-state index contributed by atoms with van der Waals surface area (Å²) in [6.45, 7) is 2.16. The Hall–Kier alpha value is -1.79. The van der Waals surface area contributed by atoms with Crippen molar-refractivity contribution in [2.45, 2.75) is 25.4 Å². The average Bonchev–Trinajstić information content (AvgIpc) is 2.61. The highest BCUT2D eigenvalue weighted by Crippen LogP contribution is 2.29. The monoisotopic (exact) mass is 515 g/mol. The zero-order valence-electron chi connectivity index (χ0n) is 15.5. The van der Waals surface area contributed by atoms with Gasteiger partial charge in [0.15, 0.2) is 5.96 Å². The summed E-state index contributed by atoms with van der Waals surface area (Å²) < 4.78 is 42.8. The molecule has 1 unspecified atom stereocenters. The zero-order valence-corrected chi connectivity index (χ0v) is 17.9. The van der Waals surface area contributed by atoms with E-state index in [1.165, 1.54) is 6.07 Å². The van der Waals surface area contributed by atoms with E-state index in [1.807, 2.05) is 0 Å². The number of amides is 1. The molecule has 1 fully saturated rings. The number of ether oxygens (including phenoxy) is 1. The predicted octanol–water partition coefficient (Wildman–Crippen LogP) is 2.26. The Morgan fingerprint density at radius 2 is 2.21 bits per heavy atom. The number of guanidine groups is 1. The second kappa shape index (κ2) is 11.3. The minimum atomic E-state index is -4.42. The fourth-order valence-electron chi connectivity index (χ4n) is 2.99. The third-order valence-corrected chi connectivity index (χ3v) is 4.22. The molecule has 0 aromatic carbocycles.